The number of hydrogen-bond acceptors (Lipinski definition) is 9. The predicted molar refractivity (Wildman–Crippen MR) is 142 cm³/mol. The molecule has 0 aliphatic carbocycles. The molecule has 2 saturated heterocycles. The van der Waals surface area contributed by atoms with Crippen LogP contribution in [0, 0.1) is 5.82 Å². The number of ether oxygens (including phenoxy) is 2. The first-order valence-electron chi connectivity index (χ1n) is 13.0. The van der Waals surface area contributed by atoms with Crippen LogP contribution in [0.4, 0.5) is 21.0 Å². The Kier molecular flexibility index (Phi) is 8.10. The van der Waals surface area contributed by atoms with Crippen molar-refractivity contribution in [1.82, 2.24) is 19.8 Å². The van der Waals surface area contributed by atoms with E-state index in [1.165, 1.54) is 10.5 Å². The maximum absolute atomic E-state index is 14.6. The van der Waals surface area contributed by atoms with Gasteiger partial charge >= 0.3 is 6.09 Å². The minimum Gasteiger partial charge on any atom is -0.444 e. The zero-order valence-corrected chi connectivity index (χ0v) is 23.1. The van der Waals surface area contributed by atoms with Crippen LogP contribution in [-0.2, 0) is 16.0 Å². The van der Waals surface area contributed by atoms with Crippen molar-refractivity contribution in [1.29, 1.82) is 0 Å². The molecule has 1 aromatic carbocycles. The fourth-order valence-corrected chi connectivity index (χ4v) is 4.57. The molecule has 10 nitrogen and oxygen atoms in total. The number of anilines is 2. The Morgan fingerprint density at radius 3 is 2.47 bits per heavy atom. The van der Waals surface area contributed by atoms with E-state index in [9.17, 15) is 14.3 Å². The topological polar surface area (TPSA) is 103 Å². The van der Waals surface area contributed by atoms with E-state index in [1.807, 2.05) is 41.5 Å². The maximum Gasteiger partial charge on any atom is 0.410 e. The van der Waals surface area contributed by atoms with E-state index in [-0.39, 0.29) is 30.5 Å². The number of aromatic nitrogens is 2. The highest BCUT2D eigenvalue weighted by molar-refractivity contribution is 5.68. The van der Waals surface area contributed by atoms with Gasteiger partial charge in [-0.3, -0.25) is 9.80 Å². The normalized spacial score (nSPS) is 20.9. The number of benzene rings is 1. The number of nitrogens with one attached hydrogen (secondary N) is 1. The minimum atomic E-state index is -1.27. The van der Waals surface area contributed by atoms with Gasteiger partial charge in [-0.15, -0.1) is 0 Å². The first-order chi connectivity index (χ1) is 17.8. The van der Waals surface area contributed by atoms with E-state index >= 15 is 0 Å². The Morgan fingerprint density at radius 1 is 1.24 bits per heavy atom. The zero-order valence-electron chi connectivity index (χ0n) is 23.1. The van der Waals surface area contributed by atoms with Gasteiger partial charge in [-0.25, -0.2) is 14.2 Å². The van der Waals surface area contributed by atoms with Crippen molar-refractivity contribution in [3.8, 4) is 0 Å². The molecule has 3 heterocycles. The molecule has 1 unspecified atom stereocenters. The lowest BCUT2D eigenvalue weighted by Gasteiger charge is -2.35. The molecular formula is C27H39FN6O4. The molecule has 4 rings (SSSR count). The number of amides is 1. The number of carbonyl (C=O) groups excluding carboxylic acids is 1. The lowest BCUT2D eigenvalue weighted by Crippen LogP contribution is -2.49. The average Bonchev–Trinajstić information content (AvgIpc) is 3.12. The molecule has 1 aromatic heterocycles. The highest BCUT2D eigenvalue weighted by Gasteiger charge is 2.42. The van der Waals surface area contributed by atoms with Crippen molar-refractivity contribution >= 4 is 17.9 Å². The molecule has 0 radical (unpaired) electrons. The molecule has 38 heavy (non-hydrogen) atoms. The van der Waals surface area contributed by atoms with Crippen molar-refractivity contribution in [3.05, 3.63) is 47.4 Å². The Labute approximate surface area is 223 Å². The van der Waals surface area contributed by atoms with Crippen LogP contribution >= 0.6 is 0 Å². The van der Waals surface area contributed by atoms with Crippen LogP contribution in [-0.4, -0.2) is 81.3 Å². The molecule has 2 aliphatic rings. The first kappa shape index (κ1) is 28.0. The third-order valence-electron chi connectivity index (χ3n) is 6.67. The Morgan fingerprint density at radius 2 is 1.89 bits per heavy atom. The number of aliphatic hydroxyl groups is 1. The van der Waals surface area contributed by atoms with Crippen LogP contribution in [0.1, 0.15) is 58.7 Å². The third-order valence-corrected chi connectivity index (χ3v) is 6.67. The fraction of sp³-hybridized carbons (Fsp3) is 0.593. The van der Waals surface area contributed by atoms with Gasteiger partial charge in [-0.05, 0) is 52.7 Å². The molecule has 11 heteroatoms. The van der Waals surface area contributed by atoms with Gasteiger partial charge in [-0.2, -0.15) is 4.98 Å². The number of piperazine rings is 1. The molecule has 2 aliphatic heterocycles. The molecule has 0 bridgehead atoms. The Bertz CT molecular complexity index is 1120. The van der Waals surface area contributed by atoms with Gasteiger partial charge < -0.3 is 24.8 Å². The Balaban J connectivity index is 1.33. The summed E-state index contributed by atoms with van der Waals surface area (Å²) in [5.41, 5.74) is 1.10. The minimum absolute atomic E-state index is 0.00758. The second kappa shape index (κ2) is 11.0. The second-order valence-corrected chi connectivity index (χ2v) is 11.5. The van der Waals surface area contributed by atoms with Crippen molar-refractivity contribution in [2.45, 2.75) is 71.7 Å². The summed E-state index contributed by atoms with van der Waals surface area (Å²) < 4.78 is 25.3. The summed E-state index contributed by atoms with van der Waals surface area (Å²) in [5, 5.41) is 13.4. The van der Waals surface area contributed by atoms with Gasteiger partial charge in [0.25, 0.3) is 0 Å². The molecule has 0 saturated carbocycles. The van der Waals surface area contributed by atoms with E-state index in [4.69, 9.17) is 9.47 Å². The molecule has 2 atom stereocenters. The van der Waals surface area contributed by atoms with Gasteiger partial charge in [0.2, 0.25) is 12.4 Å². The van der Waals surface area contributed by atoms with Gasteiger partial charge in [0.15, 0.2) is 11.6 Å². The number of nitrogens with zero attached hydrogens (tertiary/aromatic N) is 5. The van der Waals surface area contributed by atoms with Crippen LogP contribution in [0.25, 0.3) is 0 Å². The van der Waals surface area contributed by atoms with E-state index in [0.29, 0.717) is 13.1 Å². The van der Waals surface area contributed by atoms with Crippen molar-refractivity contribution < 1.29 is 23.8 Å². The maximum atomic E-state index is 14.6. The predicted octanol–water partition coefficient (Wildman–Crippen LogP) is 3.73. The van der Waals surface area contributed by atoms with E-state index in [0.717, 1.165) is 31.4 Å². The molecule has 208 valence electrons. The second-order valence-electron chi connectivity index (χ2n) is 11.5. The van der Waals surface area contributed by atoms with Crippen LogP contribution in [0.3, 0.4) is 0 Å². The fourth-order valence-electron chi connectivity index (χ4n) is 4.57. The number of halogens is 1. The summed E-state index contributed by atoms with van der Waals surface area (Å²) in [6.07, 6.45) is -0.425. The summed E-state index contributed by atoms with van der Waals surface area (Å²) in [4.78, 5) is 26.2. The first-order valence-corrected chi connectivity index (χ1v) is 13.0. The Hall–Kier alpha value is -3.02. The average molecular weight is 531 g/mol. The molecular weight excluding hydrogens is 491 g/mol. The SMILES string of the molecule is C[C@H](Nc1ncc(F)c(N2C(O)OCC2(C)C)n1)c1ccc(CN2CCN(C(=O)OC(C)(C)C)CC2)cc1. The molecule has 0 spiro atoms. The summed E-state index contributed by atoms with van der Waals surface area (Å²) in [5.74, 6) is -0.375. The van der Waals surface area contributed by atoms with E-state index < -0.39 is 23.4 Å². The quantitative estimate of drug-likeness (QED) is 0.578. The van der Waals surface area contributed by atoms with Gasteiger partial charge in [0, 0.05) is 32.7 Å². The standard InChI is InChI=1S/C27H39FN6O4/c1-18(30-23-29-15-21(28)22(31-23)34-25(36)37-17-27(34,5)6)20-9-7-19(8-10-20)16-32-11-13-33(14-12-32)24(35)38-26(2,3)4/h7-10,15,18,25,36H,11-14,16-17H2,1-6H3,(H,29,30,31)/t18-,25?/m0/s1. The van der Waals surface area contributed by atoms with Crippen molar-refractivity contribution in [2.24, 2.45) is 0 Å². The summed E-state index contributed by atoms with van der Waals surface area (Å²) in [6, 6.07) is 8.15. The summed E-state index contributed by atoms with van der Waals surface area (Å²) in [6.45, 7) is 15.2. The lowest BCUT2D eigenvalue weighted by molar-refractivity contribution is -0.0582. The van der Waals surface area contributed by atoms with E-state index in [1.54, 1.807) is 4.90 Å². The van der Waals surface area contributed by atoms with Gasteiger partial charge in [0.1, 0.15) is 5.60 Å². The number of aliphatic hydroxyl groups excluding tert-OH is 1. The van der Waals surface area contributed by atoms with Crippen LogP contribution in [0.2, 0.25) is 0 Å². The summed E-state index contributed by atoms with van der Waals surface area (Å²) in [7, 11) is 0. The molecule has 1 amide bonds. The number of rotatable bonds is 6. The number of hydrogen-bond donors (Lipinski definition) is 2. The summed E-state index contributed by atoms with van der Waals surface area (Å²) >= 11 is 0. The lowest BCUT2D eigenvalue weighted by atomic mass is 10.1. The smallest absolute Gasteiger partial charge is 0.410 e. The van der Waals surface area contributed by atoms with Crippen molar-refractivity contribution in [2.75, 3.05) is 43.0 Å². The zero-order chi connectivity index (χ0) is 27.7. The van der Waals surface area contributed by atoms with Crippen LogP contribution < -0.4 is 10.2 Å². The monoisotopic (exact) mass is 530 g/mol. The molecule has 2 aromatic rings. The van der Waals surface area contributed by atoms with Gasteiger partial charge in [0.05, 0.1) is 24.4 Å². The van der Waals surface area contributed by atoms with Crippen LogP contribution in [0.15, 0.2) is 30.5 Å². The van der Waals surface area contributed by atoms with Gasteiger partial charge in [-0.1, -0.05) is 24.3 Å². The van der Waals surface area contributed by atoms with Crippen LogP contribution in [0.5, 0.6) is 0 Å². The van der Waals surface area contributed by atoms with E-state index in [2.05, 4.69) is 44.5 Å². The largest absolute Gasteiger partial charge is 0.444 e. The number of carbonyl (C=O) groups is 1. The van der Waals surface area contributed by atoms with Crippen molar-refractivity contribution in [3.63, 3.8) is 0 Å². The third kappa shape index (κ3) is 6.69. The molecule has 2 N–H and O–H groups in total. The highest BCUT2D eigenvalue weighted by atomic mass is 19.1. The highest BCUT2D eigenvalue weighted by Crippen LogP contribution is 2.33. The molecule has 2 fully saturated rings.